The minimum atomic E-state index is -4.06. The van der Waals surface area contributed by atoms with E-state index in [0.717, 1.165) is 0 Å². The lowest BCUT2D eigenvalue weighted by atomic mass is 10.1. The molecular formula is C8H15BrF3N. The van der Waals surface area contributed by atoms with Crippen LogP contribution in [0, 0.1) is 0 Å². The summed E-state index contributed by atoms with van der Waals surface area (Å²) in [5.74, 6) is 0. The van der Waals surface area contributed by atoms with E-state index in [1.165, 1.54) is 0 Å². The van der Waals surface area contributed by atoms with Crippen molar-refractivity contribution in [3.63, 3.8) is 0 Å². The normalized spacial score (nSPS) is 13.8. The molecule has 1 nitrogen and oxygen atoms in total. The van der Waals surface area contributed by atoms with E-state index in [0.29, 0.717) is 5.33 Å². The predicted molar refractivity (Wildman–Crippen MR) is 51.2 cm³/mol. The molecule has 0 bridgehead atoms. The molecule has 0 saturated carbocycles. The number of halogens is 4. The Hall–Kier alpha value is 0.230. The van der Waals surface area contributed by atoms with Crippen LogP contribution in [0.1, 0.15) is 20.3 Å². The molecule has 0 aromatic heterocycles. The van der Waals surface area contributed by atoms with Gasteiger partial charge in [0, 0.05) is 17.4 Å². The molecule has 80 valence electrons. The van der Waals surface area contributed by atoms with Gasteiger partial charge in [0.25, 0.3) is 0 Å². The third kappa shape index (κ3) is 5.52. The Balaban J connectivity index is 3.95. The van der Waals surface area contributed by atoms with E-state index in [2.05, 4.69) is 15.9 Å². The maximum Gasteiger partial charge on any atom is 0.390 e. The summed E-state index contributed by atoms with van der Waals surface area (Å²) in [7, 11) is 1.70. The molecule has 0 aliphatic heterocycles. The molecule has 0 aromatic rings. The van der Waals surface area contributed by atoms with Crippen molar-refractivity contribution >= 4 is 15.9 Å². The van der Waals surface area contributed by atoms with Crippen molar-refractivity contribution in [3.8, 4) is 0 Å². The van der Waals surface area contributed by atoms with Crippen LogP contribution < -0.4 is 0 Å². The lowest BCUT2D eigenvalue weighted by Crippen LogP contribution is -2.44. The molecule has 0 fully saturated rings. The minimum Gasteiger partial charge on any atom is -0.300 e. The van der Waals surface area contributed by atoms with Crippen LogP contribution in [-0.2, 0) is 0 Å². The predicted octanol–water partition coefficient (Wildman–Crippen LogP) is 3.04. The number of alkyl halides is 4. The third-order valence-electron chi connectivity index (χ3n) is 2.09. The zero-order chi connectivity index (χ0) is 10.7. The van der Waals surface area contributed by atoms with Gasteiger partial charge in [0.1, 0.15) is 0 Å². The molecule has 0 N–H and O–H groups in total. The van der Waals surface area contributed by atoms with E-state index in [1.807, 2.05) is 13.8 Å². The molecule has 0 aliphatic rings. The lowest BCUT2D eigenvalue weighted by molar-refractivity contribution is -0.139. The smallest absolute Gasteiger partial charge is 0.300 e. The first-order valence-electron chi connectivity index (χ1n) is 4.03. The summed E-state index contributed by atoms with van der Waals surface area (Å²) in [5, 5.41) is 0.661. The first-order chi connectivity index (χ1) is 5.69. The van der Waals surface area contributed by atoms with E-state index in [4.69, 9.17) is 0 Å². The second-order valence-electron chi connectivity index (χ2n) is 3.73. The van der Waals surface area contributed by atoms with E-state index in [1.54, 1.807) is 11.9 Å². The molecule has 0 saturated heterocycles. The van der Waals surface area contributed by atoms with Crippen molar-refractivity contribution < 1.29 is 13.2 Å². The van der Waals surface area contributed by atoms with Crippen LogP contribution >= 0.6 is 15.9 Å². The maximum atomic E-state index is 11.9. The van der Waals surface area contributed by atoms with E-state index in [9.17, 15) is 13.2 Å². The van der Waals surface area contributed by atoms with Gasteiger partial charge in [0.05, 0.1) is 6.42 Å². The molecule has 0 atom stereocenters. The molecule has 0 aliphatic carbocycles. The Kier molecular flexibility index (Phi) is 4.72. The summed E-state index contributed by atoms with van der Waals surface area (Å²) >= 11 is 3.27. The zero-order valence-electron chi connectivity index (χ0n) is 8.08. The monoisotopic (exact) mass is 261 g/mol. The fourth-order valence-electron chi connectivity index (χ4n) is 0.699. The van der Waals surface area contributed by atoms with Gasteiger partial charge in [-0.25, -0.2) is 0 Å². The van der Waals surface area contributed by atoms with Crippen LogP contribution in [0.2, 0.25) is 0 Å². The van der Waals surface area contributed by atoms with Crippen molar-refractivity contribution in [1.82, 2.24) is 4.90 Å². The number of rotatable bonds is 4. The summed E-state index contributed by atoms with van der Waals surface area (Å²) in [6, 6.07) is 0. The van der Waals surface area contributed by atoms with Crippen molar-refractivity contribution in [2.24, 2.45) is 0 Å². The van der Waals surface area contributed by atoms with Gasteiger partial charge in [0.15, 0.2) is 0 Å². The van der Waals surface area contributed by atoms with E-state index < -0.39 is 12.6 Å². The highest BCUT2D eigenvalue weighted by Crippen LogP contribution is 2.22. The Morgan fingerprint density at radius 1 is 1.23 bits per heavy atom. The van der Waals surface area contributed by atoms with Gasteiger partial charge in [-0.2, -0.15) is 13.2 Å². The van der Waals surface area contributed by atoms with Crippen LogP contribution in [0.15, 0.2) is 0 Å². The third-order valence-corrected chi connectivity index (χ3v) is 3.46. The average Bonchev–Trinajstić information content (AvgIpc) is 1.98. The van der Waals surface area contributed by atoms with Crippen LogP contribution in [-0.4, -0.2) is 35.5 Å². The minimum absolute atomic E-state index is 0.0437. The Morgan fingerprint density at radius 3 is 2.00 bits per heavy atom. The van der Waals surface area contributed by atoms with Crippen molar-refractivity contribution in [1.29, 1.82) is 0 Å². The topological polar surface area (TPSA) is 3.24 Å². The standard InChI is InChI=1S/C8H15BrF3N/c1-7(2,6-9)13(3)5-4-8(10,11)12/h4-6H2,1-3H3. The first kappa shape index (κ1) is 13.2. The van der Waals surface area contributed by atoms with Gasteiger partial charge in [-0.05, 0) is 20.9 Å². The summed E-state index contributed by atoms with van der Waals surface area (Å²) in [6.07, 6.45) is -4.81. The summed E-state index contributed by atoms with van der Waals surface area (Å²) in [4.78, 5) is 1.70. The van der Waals surface area contributed by atoms with E-state index >= 15 is 0 Å². The van der Waals surface area contributed by atoms with Crippen molar-refractivity contribution in [3.05, 3.63) is 0 Å². The fourth-order valence-corrected chi connectivity index (χ4v) is 1.13. The second kappa shape index (κ2) is 4.64. The Bertz CT molecular complexity index is 156. The molecule has 0 rings (SSSR count). The largest absolute Gasteiger partial charge is 0.390 e. The molecule has 5 heteroatoms. The summed E-state index contributed by atoms with van der Waals surface area (Å²) in [6.45, 7) is 3.85. The molecule has 0 aromatic carbocycles. The molecule has 0 unspecified atom stereocenters. The lowest BCUT2D eigenvalue weighted by Gasteiger charge is -2.34. The zero-order valence-corrected chi connectivity index (χ0v) is 9.67. The van der Waals surface area contributed by atoms with Crippen LogP contribution in [0.25, 0.3) is 0 Å². The van der Waals surface area contributed by atoms with Crippen molar-refractivity contribution in [2.75, 3.05) is 18.9 Å². The first-order valence-corrected chi connectivity index (χ1v) is 5.15. The molecular weight excluding hydrogens is 247 g/mol. The number of nitrogens with zero attached hydrogens (tertiary/aromatic N) is 1. The van der Waals surface area contributed by atoms with Crippen LogP contribution in [0.5, 0.6) is 0 Å². The molecule has 0 amide bonds. The molecule has 0 heterocycles. The highest BCUT2D eigenvalue weighted by molar-refractivity contribution is 9.09. The highest BCUT2D eigenvalue weighted by atomic mass is 79.9. The average molecular weight is 262 g/mol. The van der Waals surface area contributed by atoms with Gasteiger partial charge >= 0.3 is 6.18 Å². The van der Waals surface area contributed by atoms with Gasteiger partial charge < -0.3 is 4.90 Å². The van der Waals surface area contributed by atoms with Gasteiger partial charge in [-0.1, -0.05) is 15.9 Å². The van der Waals surface area contributed by atoms with Crippen LogP contribution in [0.3, 0.4) is 0 Å². The Morgan fingerprint density at radius 2 is 1.69 bits per heavy atom. The second-order valence-corrected chi connectivity index (χ2v) is 4.29. The summed E-state index contributed by atoms with van der Waals surface area (Å²) in [5.41, 5.74) is -0.231. The van der Waals surface area contributed by atoms with Gasteiger partial charge in [-0.15, -0.1) is 0 Å². The van der Waals surface area contributed by atoms with Crippen LogP contribution in [0.4, 0.5) is 13.2 Å². The number of hydrogen-bond acceptors (Lipinski definition) is 1. The summed E-state index contributed by atoms with van der Waals surface area (Å²) < 4.78 is 35.6. The van der Waals surface area contributed by atoms with E-state index in [-0.39, 0.29) is 12.1 Å². The molecule has 0 radical (unpaired) electrons. The molecule has 13 heavy (non-hydrogen) atoms. The van der Waals surface area contributed by atoms with Gasteiger partial charge in [0.2, 0.25) is 0 Å². The fraction of sp³-hybridized carbons (Fsp3) is 1.00. The van der Waals surface area contributed by atoms with Gasteiger partial charge in [-0.3, -0.25) is 0 Å². The highest BCUT2D eigenvalue weighted by Gasteiger charge is 2.30. The molecule has 0 spiro atoms. The quantitative estimate of drug-likeness (QED) is 0.704. The SMILES string of the molecule is CN(CCC(F)(F)F)C(C)(C)CBr. The Labute approximate surface area is 85.4 Å². The maximum absolute atomic E-state index is 11.9. The number of hydrogen-bond donors (Lipinski definition) is 0. The van der Waals surface area contributed by atoms with Crippen molar-refractivity contribution in [2.45, 2.75) is 32.0 Å².